The van der Waals surface area contributed by atoms with Crippen LogP contribution in [0.25, 0.3) is 5.76 Å². The van der Waals surface area contributed by atoms with Gasteiger partial charge in [0.15, 0.2) is 17.2 Å². The monoisotopic (exact) mass is 470 g/mol. The molecule has 0 aliphatic heterocycles. The topological polar surface area (TPSA) is 178 Å². The second kappa shape index (κ2) is 8.07. The number of ketones is 3. The van der Waals surface area contributed by atoms with Crippen LogP contribution in [-0.2, 0) is 20.8 Å². The number of aliphatic hydroxyl groups is 3. The Morgan fingerprint density at radius 1 is 1.15 bits per heavy atom. The molecule has 0 bridgehead atoms. The minimum atomic E-state index is -2.61. The number of hydrogen-bond donors (Lipinski definition) is 5. The Balaban J connectivity index is 1.86. The van der Waals surface area contributed by atoms with Gasteiger partial charge in [0.25, 0.3) is 5.91 Å². The average molecular weight is 470 g/mol. The van der Waals surface area contributed by atoms with Crippen LogP contribution in [0.15, 0.2) is 29.0 Å². The van der Waals surface area contributed by atoms with Crippen LogP contribution in [0.4, 0.5) is 0 Å². The first kappa shape index (κ1) is 23.7. The lowest BCUT2D eigenvalue weighted by Crippen LogP contribution is -2.58. The molecule has 3 aliphatic carbocycles. The van der Waals surface area contributed by atoms with Crippen molar-refractivity contribution in [3.05, 3.63) is 45.7 Å². The molecule has 1 aromatic carbocycles. The predicted octanol–water partition coefficient (Wildman–Crippen LogP) is 0.558. The summed E-state index contributed by atoms with van der Waals surface area (Å²) < 4.78 is 0. The largest absolute Gasteiger partial charge is 0.508 e. The van der Waals surface area contributed by atoms with Crippen LogP contribution in [0.2, 0.25) is 0 Å². The molecule has 10 nitrogen and oxygen atoms in total. The van der Waals surface area contributed by atoms with E-state index in [2.05, 4.69) is 0 Å². The van der Waals surface area contributed by atoms with E-state index in [1.807, 2.05) is 19.0 Å². The standard InChI is InChI=1S/C24H26N2O8/c1-26(2)6-5-14(27)12-3-4-15(28)18-13(12)8-10-7-11-9-16(29)19(23(25)33)22(32)24(11,34)21(31)17(10)20(18)30/h3-4,10-11,28,30,32,34H,5-9H2,1-2H3,(H2,25,33). The summed E-state index contributed by atoms with van der Waals surface area (Å²) in [6.45, 7) is 0.495. The maximum Gasteiger partial charge on any atom is 0.255 e. The Bertz CT molecular complexity index is 1210. The number of carbonyl (C=O) groups is 4. The van der Waals surface area contributed by atoms with Gasteiger partial charge in [0.05, 0.1) is 5.56 Å². The van der Waals surface area contributed by atoms with E-state index in [4.69, 9.17) is 5.73 Å². The molecule has 3 atom stereocenters. The number of nitrogens with two attached hydrogens (primary N) is 1. The normalized spacial score (nSPS) is 26.4. The number of nitrogens with zero attached hydrogens (tertiary/aromatic N) is 1. The second-order valence-corrected chi connectivity index (χ2v) is 9.37. The van der Waals surface area contributed by atoms with E-state index in [-0.39, 0.29) is 41.9 Å². The zero-order valence-electron chi connectivity index (χ0n) is 18.8. The number of rotatable bonds is 5. The van der Waals surface area contributed by atoms with Gasteiger partial charge in [-0.1, -0.05) is 0 Å². The first-order valence-electron chi connectivity index (χ1n) is 10.9. The number of aromatic hydroxyl groups is 1. The fourth-order valence-corrected chi connectivity index (χ4v) is 5.34. The summed E-state index contributed by atoms with van der Waals surface area (Å²) in [6, 6.07) is 2.73. The van der Waals surface area contributed by atoms with Crippen LogP contribution >= 0.6 is 0 Å². The number of phenols is 1. The highest BCUT2D eigenvalue weighted by atomic mass is 16.3. The summed E-state index contributed by atoms with van der Waals surface area (Å²) in [5.74, 6) is -7.11. The van der Waals surface area contributed by atoms with Crippen LogP contribution in [0.1, 0.15) is 40.7 Å². The number of phenolic OH excluding ortho intramolecular Hbond substituents is 1. The maximum absolute atomic E-state index is 13.4. The summed E-state index contributed by atoms with van der Waals surface area (Å²) >= 11 is 0. The summed E-state index contributed by atoms with van der Waals surface area (Å²) in [5, 5.41) is 43.3. The van der Waals surface area contributed by atoms with Gasteiger partial charge >= 0.3 is 0 Å². The molecule has 1 amide bonds. The third-order valence-electron chi connectivity index (χ3n) is 7.03. The lowest BCUT2D eigenvalue weighted by atomic mass is 9.59. The zero-order valence-corrected chi connectivity index (χ0v) is 18.8. The first-order valence-corrected chi connectivity index (χ1v) is 10.9. The maximum atomic E-state index is 13.4. The summed E-state index contributed by atoms with van der Waals surface area (Å²) in [6.07, 6.45) is -0.0665. The Morgan fingerprint density at radius 3 is 2.44 bits per heavy atom. The van der Waals surface area contributed by atoms with Crippen LogP contribution in [0.5, 0.6) is 5.75 Å². The lowest BCUT2D eigenvalue weighted by molar-refractivity contribution is -0.147. The van der Waals surface area contributed by atoms with Crippen molar-refractivity contribution in [2.75, 3.05) is 20.6 Å². The number of fused-ring (bicyclic) bond motifs is 3. The van der Waals surface area contributed by atoms with Crippen molar-refractivity contribution in [1.29, 1.82) is 0 Å². The van der Waals surface area contributed by atoms with E-state index < -0.39 is 58.4 Å². The minimum Gasteiger partial charge on any atom is -0.508 e. The number of aliphatic hydroxyl groups excluding tert-OH is 2. The number of carbonyl (C=O) groups excluding carboxylic acids is 4. The molecule has 1 fully saturated rings. The molecule has 6 N–H and O–H groups in total. The fourth-order valence-electron chi connectivity index (χ4n) is 5.34. The number of hydrogen-bond acceptors (Lipinski definition) is 9. The van der Waals surface area contributed by atoms with Crippen molar-refractivity contribution >= 4 is 29.0 Å². The van der Waals surface area contributed by atoms with Gasteiger partial charge in [-0.2, -0.15) is 0 Å². The van der Waals surface area contributed by atoms with Crippen molar-refractivity contribution < 1.29 is 39.6 Å². The highest BCUT2D eigenvalue weighted by Gasteiger charge is 2.60. The predicted molar refractivity (Wildman–Crippen MR) is 119 cm³/mol. The first-order chi connectivity index (χ1) is 15.9. The molecule has 0 radical (unpaired) electrons. The van der Waals surface area contributed by atoms with E-state index in [1.165, 1.54) is 12.1 Å². The van der Waals surface area contributed by atoms with Crippen LogP contribution in [0, 0.1) is 11.8 Å². The molecule has 3 aliphatic rings. The molecule has 0 saturated heterocycles. The van der Waals surface area contributed by atoms with Crippen molar-refractivity contribution in [1.82, 2.24) is 4.90 Å². The molecule has 3 unspecified atom stereocenters. The molecular weight excluding hydrogens is 444 g/mol. The van der Waals surface area contributed by atoms with E-state index in [1.54, 1.807) is 0 Å². The Morgan fingerprint density at radius 2 is 1.82 bits per heavy atom. The average Bonchev–Trinajstić information content (AvgIpc) is 2.74. The van der Waals surface area contributed by atoms with Crippen LogP contribution < -0.4 is 5.73 Å². The van der Waals surface area contributed by atoms with Crippen molar-refractivity contribution in [2.24, 2.45) is 17.6 Å². The molecule has 34 heavy (non-hydrogen) atoms. The fraction of sp³-hybridized carbons (Fsp3) is 0.417. The van der Waals surface area contributed by atoms with Gasteiger partial charge in [-0.3, -0.25) is 19.2 Å². The van der Waals surface area contributed by atoms with Gasteiger partial charge in [-0.05, 0) is 50.6 Å². The number of Topliss-reactive ketones (excluding diaryl/α,β-unsaturated/α-hetero) is 3. The molecule has 180 valence electrons. The van der Waals surface area contributed by atoms with Gasteiger partial charge in [-0.15, -0.1) is 0 Å². The lowest BCUT2D eigenvalue weighted by Gasteiger charge is -2.46. The molecule has 10 heteroatoms. The van der Waals surface area contributed by atoms with Crippen LogP contribution in [-0.4, -0.2) is 74.8 Å². The molecule has 0 aromatic heterocycles. The zero-order chi connectivity index (χ0) is 25.1. The molecule has 0 spiro atoms. The molecule has 0 heterocycles. The second-order valence-electron chi connectivity index (χ2n) is 9.37. The molecule has 4 rings (SSSR count). The van der Waals surface area contributed by atoms with E-state index >= 15 is 0 Å². The van der Waals surface area contributed by atoms with E-state index in [0.29, 0.717) is 17.7 Å². The minimum absolute atomic E-state index is 0.0178. The summed E-state index contributed by atoms with van der Waals surface area (Å²) in [5.41, 5.74) is 2.12. The van der Waals surface area contributed by atoms with Gasteiger partial charge in [0.1, 0.15) is 22.8 Å². The van der Waals surface area contributed by atoms with Crippen molar-refractivity contribution in [3.63, 3.8) is 0 Å². The summed E-state index contributed by atoms with van der Waals surface area (Å²) in [7, 11) is 3.66. The highest BCUT2D eigenvalue weighted by Crippen LogP contribution is 2.52. The number of benzene rings is 1. The van der Waals surface area contributed by atoms with E-state index in [9.17, 15) is 39.6 Å². The smallest absolute Gasteiger partial charge is 0.255 e. The van der Waals surface area contributed by atoms with Crippen LogP contribution in [0.3, 0.4) is 0 Å². The molecule has 1 saturated carbocycles. The van der Waals surface area contributed by atoms with Gasteiger partial charge in [0, 0.05) is 36.4 Å². The molecular formula is C24H26N2O8. The summed E-state index contributed by atoms with van der Waals surface area (Å²) in [4.78, 5) is 52.3. The SMILES string of the molecule is CN(C)CCC(=O)c1ccc(O)c2c1CC1CC3CC(=O)C(C(N)=O)=C(O)C3(O)C(=O)C1=C2O. The highest BCUT2D eigenvalue weighted by molar-refractivity contribution is 6.22. The Hall–Kier alpha value is -3.50. The van der Waals surface area contributed by atoms with Gasteiger partial charge in [-0.25, -0.2) is 0 Å². The third-order valence-corrected chi connectivity index (χ3v) is 7.03. The molecule has 1 aromatic rings. The van der Waals surface area contributed by atoms with E-state index in [0.717, 1.165) is 0 Å². The van der Waals surface area contributed by atoms with Crippen molar-refractivity contribution in [3.8, 4) is 5.75 Å². The Kier molecular flexibility index (Phi) is 5.61. The number of primary amides is 1. The third kappa shape index (κ3) is 3.33. The quantitative estimate of drug-likeness (QED) is 0.304. The van der Waals surface area contributed by atoms with Gasteiger partial charge < -0.3 is 31.1 Å². The Labute approximate surface area is 195 Å². The van der Waals surface area contributed by atoms with Crippen molar-refractivity contribution in [2.45, 2.75) is 31.3 Å². The van der Waals surface area contributed by atoms with Gasteiger partial charge in [0.2, 0.25) is 5.78 Å². The number of amides is 1.